The minimum atomic E-state index is 0.399. The number of nitrogens with zero attached hydrogens (tertiary/aromatic N) is 1. The van der Waals surface area contributed by atoms with Gasteiger partial charge in [0.15, 0.2) is 12.4 Å². The lowest BCUT2D eigenvalue weighted by molar-refractivity contribution is -0.697. The predicted molar refractivity (Wildman–Crippen MR) is 81.8 cm³/mol. The van der Waals surface area contributed by atoms with Gasteiger partial charge < -0.3 is 5.73 Å². The van der Waals surface area contributed by atoms with Gasteiger partial charge >= 0.3 is 0 Å². The van der Waals surface area contributed by atoms with Gasteiger partial charge in [-0.3, -0.25) is 0 Å². The van der Waals surface area contributed by atoms with Crippen molar-refractivity contribution < 1.29 is 4.57 Å². The molecule has 0 saturated heterocycles. The lowest BCUT2D eigenvalue weighted by Crippen LogP contribution is -2.33. The maximum absolute atomic E-state index is 6.17. The van der Waals surface area contributed by atoms with E-state index in [4.69, 9.17) is 5.73 Å². The van der Waals surface area contributed by atoms with Gasteiger partial charge in [0, 0.05) is 24.6 Å². The molecule has 1 unspecified atom stereocenters. The van der Waals surface area contributed by atoms with E-state index in [9.17, 15) is 0 Å². The molecule has 108 valence electrons. The molecule has 0 bridgehead atoms. The van der Waals surface area contributed by atoms with Gasteiger partial charge in [-0.1, -0.05) is 51.5 Å². The molecule has 2 heteroatoms. The van der Waals surface area contributed by atoms with Gasteiger partial charge in [0.25, 0.3) is 0 Å². The van der Waals surface area contributed by atoms with Crippen LogP contribution in [-0.2, 0) is 6.54 Å². The zero-order valence-electron chi connectivity index (χ0n) is 12.6. The van der Waals surface area contributed by atoms with Crippen molar-refractivity contribution in [2.45, 2.75) is 77.3 Å². The van der Waals surface area contributed by atoms with E-state index < -0.39 is 0 Å². The molecule has 2 nitrogen and oxygen atoms in total. The molecule has 1 aromatic heterocycles. The minimum absolute atomic E-state index is 0.399. The lowest BCUT2D eigenvalue weighted by atomic mass is 10.0. The summed E-state index contributed by atoms with van der Waals surface area (Å²) in [5.41, 5.74) is 6.17. The molecule has 0 amide bonds. The molecular weight excluding hydrogens is 232 g/mol. The van der Waals surface area contributed by atoms with E-state index in [2.05, 4.69) is 42.1 Å². The van der Waals surface area contributed by atoms with Crippen molar-refractivity contribution in [2.24, 2.45) is 5.73 Å². The third kappa shape index (κ3) is 8.77. The summed E-state index contributed by atoms with van der Waals surface area (Å²) in [4.78, 5) is 0. The maximum atomic E-state index is 6.17. The second-order valence-corrected chi connectivity index (χ2v) is 5.57. The van der Waals surface area contributed by atoms with Gasteiger partial charge in [-0.2, -0.15) is 0 Å². The highest BCUT2D eigenvalue weighted by Crippen LogP contribution is 2.10. The van der Waals surface area contributed by atoms with Crippen LogP contribution in [0, 0.1) is 0 Å². The first kappa shape index (κ1) is 16.2. The molecule has 1 rings (SSSR count). The van der Waals surface area contributed by atoms with Crippen LogP contribution in [0.5, 0.6) is 0 Å². The second-order valence-electron chi connectivity index (χ2n) is 5.57. The van der Waals surface area contributed by atoms with Crippen molar-refractivity contribution in [1.29, 1.82) is 0 Å². The number of nitrogens with two attached hydrogens (primary N) is 1. The van der Waals surface area contributed by atoms with Crippen LogP contribution < -0.4 is 10.3 Å². The van der Waals surface area contributed by atoms with E-state index in [-0.39, 0.29) is 0 Å². The Bertz CT molecular complexity index is 297. The Labute approximate surface area is 119 Å². The van der Waals surface area contributed by atoms with E-state index in [1.807, 2.05) is 0 Å². The van der Waals surface area contributed by atoms with Crippen molar-refractivity contribution in [2.75, 3.05) is 0 Å². The van der Waals surface area contributed by atoms with Crippen LogP contribution in [0.25, 0.3) is 0 Å². The van der Waals surface area contributed by atoms with Crippen LogP contribution in [-0.4, -0.2) is 6.04 Å². The Hall–Kier alpha value is -0.890. The third-order valence-corrected chi connectivity index (χ3v) is 3.70. The number of unbranched alkanes of at least 4 members (excludes halogenated alkanes) is 5. The number of aryl methyl sites for hydroxylation is 1. The number of hydrogen-bond acceptors (Lipinski definition) is 1. The summed E-state index contributed by atoms with van der Waals surface area (Å²) in [6, 6.07) is 6.61. The fraction of sp³-hybridized carbons (Fsp3) is 0.706. The number of aromatic nitrogens is 1. The molecule has 2 N–H and O–H groups in total. The summed E-state index contributed by atoms with van der Waals surface area (Å²) < 4.78 is 2.23. The molecule has 0 aliphatic heterocycles. The third-order valence-electron chi connectivity index (χ3n) is 3.70. The van der Waals surface area contributed by atoms with Gasteiger partial charge in [-0.25, -0.2) is 4.57 Å². The lowest BCUT2D eigenvalue weighted by Gasteiger charge is -2.10. The molecule has 0 aliphatic carbocycles. The fourth-order valence-corrected chi connectivity index (χ4v) is 2.45. The van der Waals surface area contributed by atoms with E-state index in [1.165, 1.54) is 51.4 Å². The first-order chi connectivity index (χ1) is 9.33. The molecule has 0 saturated carbocycles. The molecule has 0 aliphatic rings. The van der Waals surface area contributed by atoms with E-state index >= 15 is 0 Å². The van der Waals surface area contributed by atoms with Crippen LogP contribution in [0.1, 0.15) is 64.7 Å². The Morgan fingerprint density at radius 1 is 0.842 bits per heavy atom. The van der Waals surface area contributed by atoms with Crippen LogP contribution >= 0.6 is 0 Å². The summed E-state index contributed by atoms with van der Waals surface area (Å²) in [7, 11) is 0. The molecule has 19 heavy (non-hydrogen) atoms. The molecule has 0 fully saturated rings. The Morgan fingerprint density at radius 3 is 2.21 bits per heavy atom. The largest absolute Gasteiger partial charge is 0.328 e. The van der Waals surface area contributed by atoms with Crippen molar-refractivity contribution in [1.82, 2.24) is 0 Å². The minimum Gasteiger partial charge on any atom is -0.328 e. The second kappa shape index (κ2) is 11.0. The maximum Gasteiger partial charge on any atom is 0.168 e. The number of pyridine rings is 1. The fourth-order valence-electron chi connectivity index (χ4n) is 2.45. The van der Waals surface area contributed by atoms with Crippen LogP contribution in [0.4, 0.5) is 0 Å². The quantitative estimate of drug-likeness (QED) is 0.477. The molecule has 0 spiro atoms. The predicted octanol–water partition coefficient (Wildman–Crippen LogP) is 3.83. The monoisotopic (exact) mass is 263 g/mol. The molecule has 0 aromatic carbocycles. The zero-order chi connectivity index (χ0) is 13.8. The highest BCUT2D eigenvalue weighted by Gasteiger charge is 2.04. The van der Waals surface area contributed by atoms with E-state index in [0.717, 1.165) is 13.0 Å². The van der Waals surface area contributed by atoms with Gasteiger partial charge in [0.2, 0.25) is 0 Å². The molecule has 1 aromatic rings. The Morgan fingerprint density at radius 2 is 1.47 bits per heavy atom. The van der Waals surface area contributed by atoms with Gasteiger partial charge in [-0.05, 0) is 12.8 Å². The standard InChI is InChI=1S/C17H31N2/c1-2-3-4-5-6-8-12-17(18)13-11-16-19-14-9-7-10-15-19/h7,9-10,14-15,17H,2-6,8,11-13,16,18H2,1H3/q+1. The van der Waals surface area contributed by atoms with Crippen molar-refractivity contribution in [3.05, 3.63) is 30.6 Å². The highest BCUT2D eigenvalue weighted by atomic mass is 14.9. The molecular formula is C17H31N2+. The normalized spacial score (nSPS) is 12.5. The SMILES string of the molecule is CCCCCCCCC(N)CCC[n+]1ccccc1. The molecule has 1 atom stereocenters. The van der Waals surface area contributed by atoms with Crippen molar-refractivity contribution in [3.63, 3.8) is 0 Å². The number of rotatable bonds is 11. The highest BCUT2D eigenvalue weighted by molar-refractivity contribution is 4.83. The zero-order valence-corrected chi connectivity index (χ0v) is 12.6. The summed E-state index contributed by atoms with van der Waals surface area (Å²) >= 11 is 0. The van der Waals surface area contributed by atoms with Crippen LogP contribution in [0.15, 0.2) is 30.6 Å². The Kier molecular flexibility index (Phi) is 9.34. The van der Waals surface area contributed by atoms with Crippen molar-refractivity contribution >= 4 is 0 Å². The average molecular weight is 263 g/mol. The van der Waals surface area contributed by atoms with Crippen molar-refractivity contribution in [3.8, 4) is 0 Å². The van der Waals surface area contributed by atoms with Crippen LogP contribution in [0.2, 0.25) is 0 Å². The first-order valence-electron chi connectivity index (χ1n) is 8.02. The summed E-state index contributed by atoms with van der Waals surface area (Å²) in [5, 5.41) is 0. The number of hydrogen-bond donors (Lipinski definition) is 1. The topological polar surface area (TPSA) is 29.9 Å². The van der Waals surface area contributed by atoms with Gasteiger partial charge in [-0.15, -0.1) is 0 Å². The molecule has 1 heterocycles. The summed E-state index contributed by atoms with van der Waals surface area (Å²) in [5.74, 6) is 0. The summed E-state index contributed by atoms with van der Waals surface area (Å²) in [6.07, 6.45) is 16.0. The first-order valence-corrected chi connectivity index (χ1v) is 8.02. The smallest absolute Gasteiger partial charge is 0.168 e. The van der Waals surface area contributed by atoms with Gasteiger partial charge in [0.1, 0.15) is 6.54 Å². The van der Waals surface area contributed by atoms with E-state index in [0.29, 0.717) is 6.04 Å². The van der Waals surface area contributed by atoms with E-state index in [1.54, 1.807) is 0 Å². The van der Waals surface area contributed by atoms with Crippen LogP contribution in [0.3, 0.4) is 0 Å². The average Bonchev–Trinajstić information content (AvgIpc) is 2.44. The molecule has 0 radical (unpaired) electrons. The Balaban J connectivity index is 1.94. The van der Waals surface area contributed by atoms with Gasteiger partial charge in [0.05, 0.1) is 0 Å². The summed E-state index contributed by atoms with van der Waals surface area (Å²) in [6.45, 7) is 3.35.